The van der Waals surface area contributed by atoms with E-state index in [1.54, 1.807) is 34.9 Å². The quantitative estimate of drug-likeness (QED) is 0.709. The molecule has 0 aliphatic carbocycles. The highest BCUT2D eigenvalue weighted by Gasteiger charge is 2.05. The van der Waals surface area contributed by atoms with Gasteiger partial charge in [0.25, 0.3) is 0 Å². The number of aromatic amines is 1. The van der Waals surface area contributed by atoms with E-state index in [9.17, 15) is 4.79 Å². The lowest BCUT2D eigenvalue weighted by atomic mass is 10.2. The number of H-pyrrole nitrogens is 1. The van der Waals surface area contributed by atoms with Crippen molar-refractivity contribution in [2.75, 3.05) is 0 Å². The first kappa shape index (κ1) is 16.3. The standard InChI is InChI=1S/C15H10Cl3N3OS/c16-10-3-1-9(2-4-10)8-21-14(22)20-23-15(21)19-11-5-6-12(17)13(18)7-11/h1-7H,8H2,(H,20,22)/b19-15-. The molecule has 0 unspecified atom stereocenters. The zero-order chi connectivity index (χ0) is 16.4. The van der Waals surface area contributed by atoms with E-state index in [-0.39, 0.29) is 5.69 Å². The Morgan fingerprint density at radius 3 is 2.48 bits per heavy atom. The van der Waals surface area contributed by atoms with Gasteiger partial charge in [-0.1, -0.05) is 46.9 Å². The van der Waals surface area contributed by atoms with Gasteiger partial charge in [0.1, 0.15) is 0 Å². The number of hydrogen-bond acceptors (Lipinski definition) is 3. The highest BCUT2D eigenvalue weighted by Crippen LogP contribution is 2.26. The van der Waals surface area contributed by atoms with Crippen molar-refractivity contribution < 1.29 is 0 Å². The molecule has 23 heavy (non-hydrogen) atoms. The molecule has 1 N–H and O–H groups in total. The molecular weight excluding hydrogens is 377 g/mol. The van der Waals surface area contributed by atoms with Crippen molar-refractivity contribution in [1.82, 2.24) is 8.94 Å². The number of hydrogen-bond donors (Lipinski definition) is 1. The molecule has 1 aromatic heterocycles. The fourth-order valence-electron chi connectivity index (χ4n) is 1.95. The second-order valence-corrected chi connectivity index (χ2v) is 6.74. The molecule has 2 aromatic carbocycles. The van der Waals surface area contributed by atoms with Crippen LogP contribution in [0.25, 0.3) is 0 Å². The maximum atomic E-state index is 12.0. The van der Waals surface area contributed by atoms with E-state index >= 15 is 0 Å². The fourth-order valence-corrected chi connectivity index (χ4v) is 3.06. The second-order valence-electron chi connectivity index (χ2n) is 4.71. The van der Waals surface area contributed by atoms with Crippen molar-refractivity contribution in [3.05, 3.63) is 78.4 Å². The Labute approximate surface area is 150 Å². The Morgan fingerprint density at radius 2 is 1.78 bits per heavy atom. The highest BCUT2D eigenvalue weighted by atomic mass is 35.5. The van der Waals surface area contributed by atoms with Crippen molar-refractivity contribution in [3.63, 3.8) is 0 Å². The lowest BCUT2D eigenvalue weighted by Crippen LogP contribution is -2.26. The zero-order valence-corrected chi connectivity index (χ0v) is 14.7. The van der Waals surface area contributed by atoms with E-state index in [1.807, 2.05) is 12.1 Å². The lowest BCUT2D eigenvalue weighted by Gasteiger charge is -2.02. The average Bonchev–Trinajstić information content (AvgIpc) is 2.86. The molecule has 0 saturated carbocycles. The Kier molecular flexibility index (Phi) is 4.92. The van der Waals surface area contributed by atoms with Gasteiger partial charge in [-0.25, -0.2) is 9.79 Å². The van der Waals surface area contributed by atoms with Crippen molar-refractivity contribution in [3.8, 4) is 0 Å². The third-order valence-corrected chi connectivity index (χ3v) is 4.85. The predicted molar refractivity (Wildman–Crippen MR) is 95.2 cm³/mol. The molecule has 0 spiro atoms. The largest absolute Gasteiger partial charge is 0.337 e. The minimum atomic E-state index is -0.219. The van der Waals surface area contributed by atoms with Gasteiger partial charge in [-0.15, -0.1) is 0 Å². The maximum absolute atomic E-state index is 12.0. The third kappa shape index (κ3) is 3.87. The van der Waals surface area contributed by atoms with Crippen LogP contribution < -0.4 is 10.5 Å². The number of rotatable bonds is 3. The molecule has 118 valence electrons. The smallest absolute Gasteiger partial charge is 0.263 e. The number of nitrogens with one attached hydrogen (secondary N) is 1. The molecule has 0 radical (unpaired) electrons. The monoisotopic (exact) mass is 385 g/mol. The first-order valence-electron chi connectivity index (χ1n) is 6.55. The van der Waals surface area contributed by atoms with E-state index in [1.165, 1.54) is 0 Å². The predicted octanol–water partition coefficient (Wildman–Crippen LogP) is 4.48. The van der Waals surface area contributed by atoms with Gasteiger partial charge in [0.05, 0.1) is 22.3 Å². The molecule has 4 nitrogen and oxygen atoms in total. The van der Waals surface area contributed by atoms with Gasteiger partial charge in [-0.05, 0) is 47.4 Å². The molecule has 0 bridgehead atoms. The lowest BCUT2D eigenvalue weighted by molar-refractivity contribution is 0.727. The van der Waals surface area contributed by atoms with Crippen LogP contribution in [0, 0.1) is 0 Å². The molecule has 0 aliphatic heterocycles. The van der Waals surface area contributed by atoms with E-state index in [4.69, 9.17) is 34.8 Å². The number of halogens is 3. The average molecular weight is 387 g/mol. The number of aromatic nitrogens is 2. The Balaban J connectivity index is 2.01. The van der Waals surface area contributed by atoms with E-state index < -0.39 is 0 Å². The Morgan fingerprint density at radius 1 is 1.04 bits per heavy atom. The summed E-state index contributed by atoms with van der Waals surface area (Å²) in [5.74, 6) is 0. The number of nitrogens with zero attached hydrogens (tertiary/aromatic N) is 2. The molecule has 0 fully saturated rings. The normalized spacial score (nSPS) is 11.9. The summed E-state index contributed by atoms with van der Waals surface area (Å²) in [6, 6.07) is 12.4. The summed E-state index contributed by atoms with van der Waals surface area (Å²) >= 11 is 18.9. The molecule has 0 amide bonds. The molecule has 0 aliphatic rings. The summed E-state index contributed by atoms with van der Waals surface area (Å²) in [5.41, 5.74) is 1.36. The highest BCUT2D eigenvalue weighted by molar-refractivity contribution is 7.02. The van der Waals surface area contributed by atoms with Crippen molar-refractivity contribution in [2.24, 2.45) is 4.99 Å². The first-order chi connectivity index (χ1) is 11.0. The van der Waals surface area contributed by atoms with Gasteiger partial charge in [-0.2, -0.15) is 0 Å². The van der Waals surface area contributed by atoms with E-state index in [0.717, 1.165) is 17.1 Å². The van der Waals surface area contributed by atoms with Crippen LogP contribution in [-0.4, -0.2) is 8.94 Å². The summed E-state index contributed by atoms with van der Waals surface area (Å²) < 4.78 is 4.24. The van der Waals surface area contributed by atoms with Gasteiger partial charge in [-0.3, -0.25) is 8.94 Å². The molecule has 8 heteroatoms. The van der Waals surface area contributed by atoms with Crippen LogP contribution in [0.3, 0.4) is 0 Å². The molecule has 3 rings (SSSR count). The van der Waals surface area contributed by atoms with Gasteiger partial charge in [0, 0.05) is 5.02 Å². The fraction of sp³-hybridized carbons (Fsp3) is 0.0667. The molecular formula is C15H10Cl3N3OS. The third-order valence-electron chi connectivity index (χ3n) is 3.09. The van der Waals surface area contributed by atoms with Crippen LogP contribution in [-0.2, 0) is 6.54 Å². The summed E-state index contributed by atoms with van der Waals surface area (Å²) in [6.45, 7) is 0.399. The van der Waals surface area contributed by atoms with Crippen LogP contribution in [0.15, 0.2) is 52.3 Å². The molecule has 0 atom stereocenters. The van der Waals surface area contributed by atoms with Gasteiger partial charge in [0.15, 0.2) is 0 Å². The first-order valence-corrected chi connectivity index (χ1v) is 8.50. The van der Waals surface area contributed by atoms with Crippen LogP contribution in [0.2, 0.25) is 15.1 Å². The minimum absolute atomic E-state index is 0.219. The van der Waals surface area contributed by atoms with Gasteiger partial charge in [0.2, 0.25) is 4.80 Å². The van der Waals surface area contributed by atoms with E-state index in [2.05, 4.69) is 9.37 Å². The second kappa shape index (κ2) is 6.93. The molecule has 0 saturated heterocycles. The topological polar surface area (TPSA) is 50.1 Å². The van der Waals surface area contributed by atoms with Gasteiger partial charge < -0.3 is 0 Å². The van der Waals surface area contributed by atoms with E-state index in [0.29, 0.717) is 32.1 Å². The Hall–Kier alpha value is -1.53. The van der Waals surface area contributed by atoms with Crippen LogP contribution in [0.4, 0.5) is 5.69 Å². The maximum Gasteiger partial charge on any atom is 0.337 e. The minimum Gasteiger partial charge on any atom is -0.263 e. The number of benzene rings is 2. The SMILES string of the molecule is O=c1[nH]s/c(=N\c2ccc(Cl)c(Cl)c2)n1Cc1ccc(Cl)cc1. The van der Waals surface area contributed by atoms with Crippen LogP contribution in [0.5, 0.6) is 0 Å². The van der Waals surface area contributed by atoms with Crippen LogP contribution in [0.1, 0.15) is 5.56 Å². The molecule has 1 heterocycles. The molecule has 3 aromatic rings. The van der Waals surface area contributed by atoms with Gasteiger partial charge >= 0.3 is 5.69 Å². The van der Waals surface area contributed by atoms with Crippen molar-refractivity contribution in [1.29, 1.82) is 0 Å². The zero-order valence-electron chi connectivity index (χ0n) is 11.6. The van der Waals surface area contributed by atoms with Crippen molar-refractivity contribution >= 4 is 52.0 Å². The summed E-state index contributed by atoms with van der Waals surface area (Å²) in [4.78, 5) is 17.0. The van der Waals surface area contributed by atoms with Crippen molar-refractivity contribution in [2.45, 2.75) is 6.54 Å². The summed E-state index contributed by atoms with van der Waals surface area (Å²) in [6.07, 6.45) is 0. The Bertz CT molecular complexity index is 957. The summed E-state index contributed by atoms with van der Waals surface area (Å²) in [7, 11) is 0. The summed E-state index contributed by atoms with van der Waals surface area (Å²) in [5, 5.41) is 1.53. The van der Waals surface area contributed by atoms with Crippen LogP contribution >= 0.6 is 46.3 Å².